The van der Waals surface area contributed by atoms with Gasteiger partial charge in [0, 0.05) is 48.6 Å². The zero-order valence-corrected chi connectivity index (χ0v) is 30.0. The number of ether oxygens (including phenoxy) is 1. The molecule has 3 fully saturated rings. The lowest BCUT2D eigenvalue weighted by molar-refractivity contribution is 0.0808. The fraction of sp³-hybridized carbons (Fsp3) is 0.432. The van der Waals surface area contributed by atoms with Crippen LogP contribution in [0.3, 0.4) is 0 Å². The number of carbonyl (C=O) groups excluding carboxylic acids is 1. The number of nitriles is 1. The minimum absolute atomic E-state index is 0.00259. The quantitative estimate of drug-likeness (QED) is 0.186. The molecule has 52 heavy (non-hydrogen) atoms. The van der Waals surface area contributed by atoms with Crippen molar-refractivity contribution in [1.29, 1.82) is 5.26 Å². The molecule has 2 N–H and O–H groups in total. The standard InChI is InChI=1S/C37H36ClF3N8O2S/c1-20-9-13-49(46-20)35(50)21-6-3-2-4-11-47(17-21)34-24-14-26(38)29(23-7-8-27(40)32-28(23)25(16-42)33(43)52-32)30(41)31(24)44-36(45-34)51-19-37-10-5-12-48(37)18-22(39)15-37/h7-9,13-14,21-22H,2-6,10-12,15,17-19,43H2,1H3/t21?,22-,37+/m1/s1. The van der Waals surface area contributed by atoms with Gasteiger partial charge in [-0.15, -0.1) is 11.3 Å². The Kier molecular flexibility index (Phi) is 9.00. The van der Waals surface area contributed by atoms with Gasteiger partial charge in [-0.25, -0.2) is 17.9 Å². The van der Waals surface area contributed by atoms with Gasteiger partial charge in [0.05, 0.1) is 32.4 Å². The fourth-order valence-electron chi connectivity index (χ4n) is 8.31. The Balaban J connectivity index is 1.27. The van der Waals surface area contributed by atoms with Gasteiger partial charge in [-0.1, -0.05) is 30.5 Å². The van der Waals surface area contributed by atoms with E-state index in [0.29, 0.717) is 37.1 Å². The molecule has 8 rings (SSSR count). The number of fused-ring (bicyclic) bond motifs is 3. The van der Waals surface area contributed by atoms with Crippen molar-refractivity contribution < 1.29 is 22.7 Å². The number of carbonyl (C=O) groups is 1. The minimum atomic E-state index is -0.967. The summed E-state index contributed by atoms with van der Waals surface area (Å²) < 4.78 is 54.6. The second-order valence-electron chi connectivity index (χ2n) is 14.1. The number of nitrogens with two attached hydrogens (primary N) is 1. The molecule has 10 nitrogen and oxygen atoms in total. The van der Waals surface area contributed by atoms with Crippen molar-refractivity contribution in [3.63, 3.8) is 0 Å². The van der Waals surface area contributed by atoms with E-state index in [1.165, 1.54) is 16.8 Å². The Morgan fingerprint density at radius 2 is 2.02 bits per heavy atom. The van der Waals surface area contributed by atoms with Gasteiger partial charge in [0.15, 0.2) is 5.82 Å². The molecule has 2 aromatic carbocycles. The maximum atomic E-state index is 17.2. The van der Waals surface area contributed by atoms with Crippen LogP contribution in [0.1, 0.15) is 61.0 Å². The van der Waals surface area contributed by atoms with Crippen molar-refractivity contribution in [2.45, 2.75) is 63.6 Å². The predicted molar refractivity (Wildman–Crippen MR) is 195 cm³/mol. The number of halogens is 4. The van der Waals surface area contributed by atoms with Crippen LogP contribution in [-0.2, 0) is 0 Å². The number of aryl methyl sites for hydroxylation is 1. The summed E-state index contributed by atoms with van der Waals surface area (Å²) in [5, 5.41) is 14.9. The molecule has 0 aliphatic carbocycles. The summed E-state index contributed by atoms with van der Waals surface area (Å²) in [5.41, 5.74) is 6.38. The van der Waals surface area contributed by atoms with Gasteiger partial charge < -0.3 is 15.4 Å². The number of hydrogen-bond acceptors (Lipinski definition) is 10. The Bertz CT molecular complexity index is 2270. The second-order valence-corrected chi connectivity index (χ2v) is 15.6. The second kappa shape index (κ2) is 13.5. The SMILES string of the molecule is Cc1ccn(C(=O)C2CCCCCN(c3nc(OC[C@@]45CCCN4C[C@H](F)C5)nc4c(F)c(-c5ccc(F)c6sc(N)c(C#N)c56)c(Cl)cc34)C2)n1. The average molecular weight is 749 g/mol. The van der Waals surface area contributed by atoms with E-state index in [9.17, 15) is 18.8 Å². The van der Waals surface area contributed by atoms with Gasteiger partial charge in [0.25, 0.3) is 5.91 Å². The first-order chi connectivity index (χ1) is 25.1. The number of hydrogen-bond donors (Lipinski definition) is 1. The lowest BCUT2D eigenvalue weighted by Crippen LogP contribution is -2.43. The largest absolute Gasteiger partial charge is 0.461 e. The molecule has 3 saturated heterocycles. The molecule has 3 aliphatic heterocycles. The minimum Gasteiger partial charge on any atom is -0.461 e. The fourth-order valence-corrected chi connectivity index (χ4v) is 9.55. The van der Waals surface area contributed by atoms with Crippen molar-refractivity contribution in [2.75, 3.05) is 43.4 Å². The summed E-state index contributed by atoms with van der Waals surface area (Å²) in [7, 11) is 0. The Morgan fingerprint density at radius 3 is 2.81 bits per heavy atom. The molecule has 15 heteroatoms. The lowest BCUT2D eigenvalue weighted by atomic mass is 9.95. The smallest absolute Gasteiger partial charge is 0.319 e. The van der Waals surface area contributed by atoms with E-state index in [2.05, 4.69) is 15.0 Å². The van der Waals surface area contributed by atoms with Crippen LogP contribution in [0.25, 0.3) is 32.1 Å². The number of nitrogen functional groups attached to an aromatic ring is 1. The van der Waals surface area contributed by atoms with Gasteiger partial charge in [-0.2, -0.15) is 20.3 Å². The molecule has 0 radical (unpaired) electrons. The van der Waals surface area contributed by atoms with E-state index < -0.39 is 29.3 Å². The molecule has 0 saturated carbocycles. The molecular weight excluding hydrogens is 713 g/mol. The third-order valence-electron chi connectivity index (χ3n) is 10.8. The number of thiophene rings is 1. The Labute approximate surface area is 306 Å². The summed E-state index contributed by atoms with van der Waals surface area (Å²) in [6.45, 7) is 3.86. The van der Waals surface area contributed by atoms with Gasteiger partial charge >= 0.3 is 6.01 Å². The first-order valence-electron chi connectivity index (χ1n) is 17.5. The van der Waals surface area contributed by atoms with Crippen molar-refractivity contribution in [3.05, 3.63) is 58.4 Å². The van der Waals surface area contributed by atoms with Crippen LogP contribution in [0.15, 0.2) is 30.5 Å². The van der Waals surface area contributed by atoms with Gasteiger partial charge in [0.2, 0.25) is 0 Å². The van der Waals surface area contributed by atoms with Crippen molar-refractivity contribution in [1.82, 2.24) is 24.6 Å². The maximum Gasteiger partial charge on any atom is 0.319 e. The van der Waals surface area contributed by atoms with E-state index in [1.807, 2.05) is 17.9 Å². The zero-order chi connectivity index (χ0) is 36.3. The summed E-state index contributed by atoms with van der Waals surface area (Å²) >= 11 is 7.83. The molecule has 0 amide bonds. The highest BCUT2D eigenvalue weighted by Gasteiger charge is 2.49. The first kappa shape index (κ1) is 34.6. The van der Waals surface area contributed by atoms with E-state index in [1.54, 1.807) is 18.3 Å². The molecule has 6 heterocycles. The highest BCUT2D eigenvalue weighted by molar-refractivity contribution is 7.23. The third kappa shape index (κ3) is 5.92. The Hall–Kier alpha value is -4.45. The molecule has 3 aromatic heterocycles. The van der Waals surface area contributed by atoms with E-state index in [-0.39, 0.29) is 67.4 Å². The molecule has 270 valence electrons. The summed E-state index contributed by atoms with van der Waals surface area (Å²) in [6, 6.07) is 7.87. The van der Waals surface area contributed by atoms with Crippen LogP contribution < -0.4 is 15.4 Å². The zero-order valence-electron chi connectivity index (χ0n) is 28.5. The van der Waals surface area contributed by atoms with Crippen LogP contribution >= 0.6 is 22.9 Å². The highest BCUT2D eigenvalue weighted by atomic mass is 35.5. The number of alkyl halides is 1. The number of aromatic nitrogens is 4. The first-order valence-corrected chi connectivity index (χ1v) is 18.7. The topological polar surface area (TPSA) is 126 Å². The van der Waals surface area contributed by atoms with Crippen molar-refractivity contribution in [2.24, 2.45) is 5.92 Å². The predicted octanol–water partition coefficient (Wildman–Crippen LogP) is 7.69. The maximum absolute atomic E-state index is 17.2. The van der Waals surface area contributed by atoms with E-state index in [0.717, 1.165) is 55.7 Å². The molecule has 3 aliphatic rings. The van der Waals surface area contributed by atoms with Gasteiger partial charge in [-0.3, -0.25) is 9.69 Å². The molecule has 0 bridgehead atoms. The van der Waals surface area contributed by atoms with Crippen molar-refractivity contribution >= 4 is 60.7 Å². The number of nitrogens with zero attached hydrogens (tertiary/aromatic N) is 7. The average Bonchev–Trinajstić information content (AvgIpc) is 3.86. The third-order valence-corrected chi connectivity index (χ3v) is 12.1. The molecule has 0 spiro atoms. The van der Waals surface area contributed by atoms with Crippen LogP contribution in [-0.4, -0.2) is 75.1 Å². The Morgan fingerprint density at radius 1 is 1.17 bits per heavy atom. The summed E-state index contributed by atoms with van der Waals surface area (Å²) in [6.07, 6.45) is 5.87. The van der Waals surface area contributed by atoms with Crippen LogP contribution in [0.4, 0.5) is 24.0 Å². The molecule has 3 atom stereocenters. The summed E-state index contributed by atoms with van der Waals surface area (Å²) in [4.78, 5) is 27.2. The van der Waals surface area contributed by atoms with Crippen LogP contribution in [0.5, 0.6) is 6.01 Å². The molecular formula is C37H36ClF3N8O2S. The van der Waals surface area contributed by atoms with E-state index in [4.69, 9.17) is 27.1 Å². The van der Waals surface area contributed by atoms with Crippen molar-refractivity contribution in [3.8, 4) is 23.2 Å². The monoisotopic (exact) mass is 748 g/mol. The van der Waals surface area contributed by atoms with Crippen LogP contribution in [0, 0.1) is 35.8 Å². The number of benzene rings is 2. The highest BCUT2D eigenvalue weighted by Crippen LogP contribution is 2.46. The number of rotatable bonds is 6. The molecule has 1 unspecified atom stereocenters. The lowest BCUT2D eigenvalue weighted by Gasteiger charge is -2.32. The van der Waals surface area contributed by atoms with Crippen LogP contribution in [0.2, 0.25) is 5.02 Å². The van der Waals surface area contributed by atoms with Gasteiger partial charge in [-0.05, 0) is 62.9 Å². The number of anilines is 2. The van der Waals surface area contributed by atoms with Gasteiger partial charge in [0.1, 0.15) is 41.0 Å². The summed E-state index contributed by atoms with van der Waals surface area (Å²) in [5.74, 6) is -1.63. The van der Waals surface area contributed by atoms with E-state index >= 15 is 4.39 Å². The normalized spacial score (nSPS) is 22.4. The molecule has 5 aromatic rings.